The zero-order valence-electron chi connectivity index (χ0n) is 10.9. The molecule has 0 aliphatic carbocycles. The number of sulfonamides is 1. The number of likely N-dealkylation sites (tertiary alicyclic amines) is 1. The molecule has 3 rings (SSSR count). The zero-order valence-corrected chi connectivity index (χ0v) is 12.5. The van der Waals surface area contributed by atoms with Crippen molar-refractivity contribution in [3.05, 3.63) is 24.7 Å². The van der Waals surface area contributed by atoms with Crippen LogP contribution in [0.2, 0.25) is 0 Å². The fourth-order valence-corrected chi connectivity index (χ4v) is 4.70. The number of nitriles is 1. The van der Waals surface area contributed by atoms with Crippen LogP contribution in [0.1, 0.15) is 6.42 Å². The molecule has 1 N–H and O–H groups in total. The number of nitrogens with one attached hydrogen (secondary N) is 1. The molecule has 2 aromatic heterocycles. The van der Waals surface area contributed by atoms with Gasteiger partial charge in [0.15, 0.2) is 18.3 Å². The summed E-state index contributed by atoms with van der Waals surface area (Å²) in [4.78, 5) is 6.06. The van der Waals surface area contributed by atoms with Crippen molar-refractivity contribution in [1.82, 2.24) is 14.6 Å². The summed E-state index contributed by atoms with van der Waals surface area (Å²) in [5.41, 5.74) is 0. The van der Waals surface area contributed by atoms with Crippen LogP contribution in [-0.4, -0.2) is 37.4 Å². The van der Waals surface area contributed by atoms with Crippen LogP contribution < -0.4 is 4.72 Å². The number of thiophene rings is 1. The normalized spacial score (nSPS) is 18.8. The van der Waals surface area contributed by atoms with Gasteiger partial charge < -0.3 is 9.32 Å². The summed E-state index contributed by atoms with van der Waals surface area (Å²) < 4.78 is 32.6. The molecule has 1 unspecified atom stereocenters. The minimum atomic E-state index is -3.58. The van der Waals surface area contributed by atoms with E-state index in [1.165, 1.54) is 12.6 Å². The van der Waals surface area contributed by atoms with E-state index < -0.39 is 10.0 Å². The number of rotatable bonds is 4. The summed E-state index contributed by atoms with van der Waals surface area (Å²) in [6.07, 6.45) is 5.50. The first kappa shape index (κ1) is 14.1. The molecule has 1 fully saturated rings. The Labute approximate surface area is 125 Å². The summed E-state index contributed by atoms with van der Waals surface area (Å²) >= 11 is 1.12. The molecule has 0 spiro atoms. The quantitative estimate of drug-likeness (QED) is 0.849. The van der Waals surface area contributed by atoms with E-state index in [2.05, 4.69) is 9.71 Å². The van der Waals surface area contributed by atoms with Gasteiger partial charge in [0.05, 0.1) is 11.1 Å². The van der Waals surface area contributed by atoms with Crippen LogP contribution in [0.4, 0.5) is 0 Å². The van der Waals surface area contributed by atoms with E-state index in [0.717, 1.165) is 11.3 Å². The highest BCUT2D eigenvalue weighted by molar-refractivity contribution is 7.91. The van der Waals surface area contributed by atoms with Gasteiger partial charge >= 0.3 is 0 Å². The molecule has 3 heterocycles. The van der Waals surface area contributed by atoms with Gasteiger partial charge in [0.25, 0.3) is 0 Å². The fraction of sp³-hybridized carbons (Fsp3) is 0.333. The third-order valence-electron chi connectivity index (χ3n) is 3.17. The van der Waals surface area contributed by atoms with Crippen LogP contribution >= 0.6 is 11.3 Å². The third-order valence-corrected chi connectivity index (χ3v) is 6.28. The standard InChI is InChI=1S/C12H12N4O3S2/c13-7-16-4-3-9(6-16)15-21(17,18)12-2-1-11(20-12)10-5-14-8-19-10/h1-2,5,8-9,15H,3-4,6H2. The van der Waals surface area contributed by atoms with Gasteiger partial charge in [-0.1, -0.05) is 0 Å². The maximum absolute atomic E-state index is 12.3. The Hall–Kier alpha value is -1.89. The van der Waals surface area contributed by atoms with Crippen molar-refractivity contribution >= 4 is 21.4 Å². The van der Waals surface area contributed by atoms with E-state index in [9.17, 15) is 8.42 Å². The highest BCUT2D eigenvalue weighted by Crippen LogP contribution is 2.30. The van der Waals surface area contributed by atoms with Gasteiger partial charge in [-0.2, -0.15) is 5.26 Å². The maximum Gasteiger partial charge on any atom is 0.250 e. The van der Waals surface area contributed by atoms with E-state index in [4.69, 9.17) is 9.68 Å². The zero-order chi connectivity index (χ0) is 14.9. The Bertz CT molecular complexity index is 761. The molecule has 1 aliphatic rings. The SMILES string of the molecule is N#CN1CCC(NS(=O)(=O)c2ccc(-c3cnco3)s2)C1. The first-order valence-electron chi connectivity index (χ1n) is 6.24. The molecule has 1 atom stereocenters. The number of oxazole rings is 1. The van der Waals surface area contributed by atoms with Gasteiger partial charge in [0, 0.05) is 19.1 Å². The summed E-state index contributed by atoms with van der Waals surface area (Å²) in [7, 11) is -3.58. The van der Waals surface area contributed by atoms with Crippen molar-refractivity contribution in [2.75, 3.05) is 13.1 Å². The summed E-state index contributed by atoms with van der Waals surface area (Å²) in [6, 6.07) is 3.00. The van der Waals surface area contributed by atoms with Gasteiger partial charge in [-0.3, -0.25) is 0 Å². The van der Waals surface area contributed by atoms with Crippen molar-refractivity contribution in [3.8, 4) is 16.8 Å². The van der Waals surface area contributed by atoms with Crippen molar-refractivity contribution in [3.63, 3.8) is 0 Å². The Kier molecular flexibility index (Phi) is 3.67. The van der Waals surface area contributed by atoms with Crippen molar-refractivity contribution in [2.24, 2.45) is 0 Å². The van der Waals surface area contributed by atoms with Crippen molar-refractivity contribution < 1.29 is 12.8 Å². The van der Waals surface area contributed by atoms with Gasteiger partial charge in [0.2, 0.25) is 10.0 Å². The summed E-state index contributed by atoms with van der Waals surface area (Å²) in [5, 5.41) is 8.79. The van der Waals surface area contributed by atoms with E-state index in [1.807, 2.05) is 6.19 Å². The lowest BCUT2D eigenvalue weighted by Crippen LogP contribution is -2.36. The highest BCUT2D eigenvalue weighted by Gasteiger charge is 2.27. The van der Waals surface area contributed by atoms with Crippen LogP contribution in [0.3, 0.4) is 0 Å². The molecular formula is C12H12N4O3S2. The van der Waals surface area contributed by atoms with Crippen molar-refractivity contribution in [2.45, 2.75) is 16.7 Å². The van der Waals surface area contributed by atoms with Crippen LogP contribution in [0, 0.1) is 11.5 Å². The molecular weight excluding hydrogens is 312 g/mol. The number of nitrogens with zero attached hydrogens (tertiary/aromatic N) is 3. The molecule has 0 bridgehead atoms. The number of hydrogen-bond acceptors (Lipinski definition) is 7. The first-order chi connectivity index (χ1) is 10.1. The van der Waals surface area contributed by atoms with Gasteiger partial charge in [-0.15, -0.1) is 11.3 Å². The monoisotopic (exact) mass is 324 g/mol. The molecule has 110 valence electrons. The Balaban J connectivity index is 1.75. The lowest BCUT2D eigenvalue weighted by molar-refractivity contribution is 0.470. The summed E-state index contributed by atoms with van der Waals surface area (Å²) in [6.45, 7) is 0.994. The number of hydrogen-bond donors (Lipinski definition) is 1. The predicted molar refractivity (Wildman–Crippen MR) is 75.7 cm³/mol. The Morgan fingerprint density at radius 3 is 3.05 bits per heavy atom. The smallest absolute Gasteiger partial charge is 0.250 e. The highest BCUT2D eigenvalue weighted by atomic mass is 32.2. The van der Waals surface area contributed by atoms with Crippen molar-refractivity contribution in [1.29, 1.82) is 5.26 Å². The molecule has 1 saturated heterocycles. The second-order valence-electron chi connectivity index (χ2n) is 4.64. The Morgan fingerprint density at radius 1 is 1.52 bits per heavy atom. The third kappa shape index (κ3) is 2.92. The predicted octanol–water partition coefficient (Wildman–Crippen LogP) is 1.24. The largest absolute Gasteiger partial charge is 0.443 e. The molecule has 7 nitrogen and oxygen atoms in total. The molecule has 21 heavy (non-hydrogen) atoms. The van der Waals surface area contributed by atoms with E-state index in [0.29, 0.717) is 30.1 Å². The molecule has 0 saturated carbocycles. The summed E-state index contributed by atoms with van der Waals surface area (Å²) in [5.74, 6) is 0.540. The molecule has 0 amide bonds. The van der Waals surface area contributed by atoms with Crippen LogP contribution in [0.15, 0.2) is 33.3 Å². The lowest BCUT2D eigenvalue weighted by Gasteiger charge is -2.11. The number of aromatic nitrogens is 1. The molecule has 0 aromatic carbocycles. The van der Waals surface area contributed by atoms with Crippen LogP contribution in [0.25, 0.3) is 10.6 Å². The first-order valence-corrected chi connectivity index (χ1v) is 8.54. The van der Waals surface area contributed by atoms with Gasteiger partial charge in [0.1, 0.15) is 4.21 Å². The molecule has 1 aliphatic heterocycles. The minimum absolute atomic E-state index is 0.226. The van der Waals surface area contributed by atoms with E-state index in [1.54, 1.807) is 17.0 Å². The van der Waals surface area contributed by atoms with Crippen LogP contribution in [-0.2, 0) is 10.0 Å². The van der Waals surface area contributed by atoms with Crippen LogP contribution in [0.5, 0.6) is 0 Å². The van der Waals surface area contributed by atoms with E-state index in [-0.39, 0.29) is 10.3 Å². The van der Waals surface area contributed by atoms with Gasteiger partial charge in [-0.05, 0) is 18.6 Å². The minimum Gasteiger partial charge on any atom is -0.443 e. The maximum atomic E-state index is 12.3. The Morgan fingerprint density at radius 2 is 2.38 bits per heavy atom. The second kappa shape index (κ2) is 5.48. The fourth-order valence-electron chi connectivity index (χ4n) is 2.16. The topological polar surface area (TPSA) is 99.2 Å². The lowest BCUT2D eigenvalue weighted by atomic mass is 10.3. The van der Waals surface area contributed by atoms with Gasteiger partial charge in [-0.25, -0.2) is 18.1 Å². The average Bonchev–Trinajstić information content (AvgIpc) is 3.19. The second-order valence-corrected chi connectivity index (χ2v) is 7.66. The van der Waals surface area contributed by atoms with E-state index >= 15 is 0 Å². The molecule has 9 heteroatoms. The molecule has 0 radical (unpaired) electrons. The average molecular weight is 324 g/mol. The molecule has 2 aromatic rings.